The molecule has 0 spiro atoms. The Morgan fingerprint density at radius 3 is 2.56 bits per heavy atom. The first-order valence-electron chi connectivity index (χ1n) is 9.18. The number of hydrogen-bond acceptors (Lipinski definition) is 3. The van der Waals surface area contributed by atoms with Gasteiger partial charge in [0.05, 0.1) is 29.3 Å². The minimum Gasteiger partial charge on any atom is -0.322 e. The van der Waals surface area contributed by atoms with Crippen molar-refractivity contribution in [2.24, 2.45) is 0 Å². The molecule has 1 heterocycles. The topological polar surface area (TPSA) is 50.2 Å². The average molecular weight is 340 g/mol. The van der Waals surface area contributed by atoms with Crippen LogP contribution in [0.5, 0.6) is 0 Å². The number of likely N-dealkylation sites (N-methyl/N-ethyl adjacent to an activating group) is 1. The van der Waals surface area contributed by atoms with E-state index in [1.807, 2.05) is 48.9 Å². The number of carbonyl (C=O) groups excluding carboxylic acids is 1. The Morgan fingerprint density at radius 1 is 1.20 bits per heavy atom. The van der Waals surface area contributed by atoms with Crippen molar-refractivity contribution in [2.75, 3.05) is 18.9 Å². The SMILES string of the molecule is Cc1nn(-c2ccccc2)c(C)c1NC(=O)CN(C)C1CCCCC1. The summed E-state index contributed by atoms with van der Waals surface area (Å²) >= 11 is 0. The van der Waals surface area contributed by atoms with Crippen LogP contribution in [0.25, 0.3) is 5.69 Å². The number of carbonyl (C=O) groups is 1. The van der Waals surface area contributed by atoms with E-state index in [0.29, 0.717) is 12.6 Å². The predicted octanol–water partition coefficient (Wildman–Crippen LogP) is 3.69. The number of amides is 1. The molecule has 3 rings (SSSR count). The number of aromatic nitrogens is 2. The highest BCUT2D eigenvalue weighted by molar-refractivity contribution is 5.93. The zero-order valence-corrected chi connectivity index (χ0v) is 15.5. The van der Waals surface area contributed by atoms with Gasteiger partial charge in [-0.2, -0.15) is 5.10 Å². The van der Waals surface area contributed by atoms with Crippen LogP contribution in [0.15, 0.2) is 30.3 Å². The van der Waals surface area contributed by atoms with Gasteiger partial charge in [-0.1, -0.05) is 37.5 Å². The van der Waals surface area contributed by atoms with Gasteiger partial charge < -0.3 is 5.32 Å². The first kappa shape index (κ1) is 17.7. The van der Waals surface area contributed by atoms with Crippen LogP contribution >= 0.6 is 0 Å². The minimum absolute atomic E-state index is 0.0342. The lowest BCUT2D eigenvalue weighted by atomic mass is 9.94. The minimum atomic E-state index is 0.0342. The Morgan fingerprint density at radius 2 is 1.88 bits per heavy atom. The van der Waals surface area contributed by atoms with Gasteiger partial charge in [0.25, 0.3) is 0 Å². The summed E-state index contributed by atoms with van der Waals surface area (Å²) in [6, 6.07) is 10.5. The fourth-order valence-electron chi connectivity index (χ4n) is 3.70. The maximum Gasteiger partial charge on any atom is 0.238 e. The van der Waals surface area contributed by atoms with Crippen LogP contribution in [-0.2, 0) is 4.79 Å². The van der Waals surface area contributed by atoms with Crippen LogP contribution in [-0.4, -0.2) is 40.2 Å². The molecule has 0 bridgehead atoms. The Kier molecular flexibility index (Phi) is 5.53. The predicted molar refractivity (Wildman–Crippen MR) is 101 cm³/mol. The molecule has 5 heteroatoms. The summed E-state index contributed by atoms with van der Waals surface area (Å²) in [5.74, 6) is 0.0342. The normalized spacial score (nSPS) is 15.5. The molecule has 1 amide bonds. The van der Waals surface area contributed by atoms with Crippen molar-refractivity contribution < 1.29 is 4.79 Å². The lowest BCUT2D eigenvalue weighted by Gasteiger charge is -2.30. The molecule has 5 nitrogen and oxygen atoms in total. The van der Waals surface area contributed by atoms with E-state index in [2.05, 4.69) is 22.4 Å². The molecule has 1 aliphatic rings. The lowest BCUT2D eigenvalue weighted by molar-refractivity contribution is -0.117. The van der Waals surface area contributed by atoms with Crippen molar-refractivity contribution in [1.29, 1.82) is 0 Å². The van der Waals surface area contributed by atoms with E-state index < -0.39 is 0 Å². The average Bonchev–Trinajstić information content (AvgIpc) is 2.91. The second kappa shape index (κ2) is 7.83. The molecule has 0 saturated heterocycles. The second-order valence-electron chi connectivity index (χ2n) is 7.05. The summed E-state index contributed by atoms with van der Waals surface area (Å²) in [5.41, 5.74) is 3.63. The van der Waals surface area contributed by atoms with Crippen LogP contribution in [0.3, 0.4) is 0 Å². The van der Waals surface area contributed by atoms with Gasteiger partial charge in [0.2, 0.25) is 5.91 Å². The summed E-state index contributed by atoms with van der Waals surface area (Å²) in [4.78, 5) is 14.7. The molecule has 1 aromatic heterocycles. The van der Waals surface area contributed by atoms with E-state index in [9.17, 15) is 4.79 Å². The smallest absolute Gasteiger partial charge is 0.238 e. The third-order valence-corrected chi connectivity index (χ3v) is 5.15. The summed E-state index contributed by atoms with van der Waals surface area (Å²) < 4.78 is 1.88. The standard InChI is InChI=1S/C20H28N4O/c1-15-20(16(2)24(22-15)18-12-8-5-9-13-18)21-19(25)14-23(3)17-10-6-4-7-11-17/h5,8-9,12-13,17H,4,6-7,10-11,14H2,1-3H3,(H,21,25). The van der Waals surface area contributed by atoms with Crippen molar-refractivity contribution in [3.8, 4) is 5.69 Å². The van der Waals surface area contributed by atoms with Crippen LogP contribution < -0.4 is 5.32 Å². The molecule has 1 fully saturated rings. The van der Waals surface area contributed by atoms with Crippen molar-refractivity contribution >= 4 is 11.6 Å². The molecule has 1 N–H and O–H groups in total. The molecule has 0 unspecified atom stereocenters. The zero-order valence-electron chi connectivity index (χ0n) is 15.5. The number of para-hydroxylation sites is 1. The Balaban J connectivity index is 1.68. The van der Waals surface area contributed by atoms with E-state index >= 15 is 0 Å². The Bertz CT molecular complexity index is 717. The monoisotopic (exact) mass is 340 g/mol. The van der Waals surface area contributed by atoms with E-state index in [4.69, 9.17) is 0 Å². The summed E-state index contributed by atoms with van der Waals surface area (Å²) in [6.07, 6.45) is 6.28. The number of nitrogens with one attached hydrogen (secondary N) is 1. The number of benzene rings is 1. The van der Waals surface area contributed by atoms with Gasteiger partial charge in [0.1, 0.15) is 0 Å². The van der Waals surface area contributed by atoms with Gasteiger partial charge >= 0.3 is 0 Å². The van der Waals surface area contributed by atoms with E-state index in [1.54, 1.807) is 0 Å². The molecule has 1 aromatic carbocycles. The van der Waals surface area contributed by atoms with Crippen molar-refractivity contribution in [2.45, 2.75) is 52.0 Å². The van der Waals surface area contributed by atoms with E-state index in [0.717, 1.165) is 22.8 Å². The molecule has 2 aromatic rings. The van der Waals surface area contributed by atoms with Crippen LogP contribution in [0.2, 0.25) is 0 Å². The highest BCUT2D eigenvalue weighted by Crippen LogP contribution is 2.24. The van der Waals surface area contributed by atoms with Crippen molar-refractivity contribution in [3.63, 3.8) is 0 Å². The fraction of sp³-hybridized carbons (Fsp3) is 0.500. The van der Waals surface area contributed by atoms with Gasteiger partial charge in [-0.25, -0.2) is 4.68 Å². The summed E-state index contributed by atoms with van der Waals surface area (Å²) in [5, 5.41) is 7.67. The summed E-state index contributed by atoms with van der Waals surface area (Å²) in [6.45, 7) is 4.36. The van der Waals surface area contributed by atoms with E-state index in [1.165, 1.54) is 32.1 Å². The Labute approximate surface area is 150 Å². The third kappa shape index (κ3) is 4.10. The van der Waals surface area contributed by atoms with E-state index in [-0.39, 0.29) is 5.91 Å². The number of nitrogens with zero attached hydrogens (tertiary/aromatic N) is 3. The maximum absolute atomic E-state index is 12.5. The lowest BCUT2D eigenvalue weighted by Crippen LogP contribution is -2.39. The van der Waals surface area contributed by atoms with Gasteiger partial charge in [0, 0.05) is 6.04 Å². The molecular formula is C20H28N4O. The fourth-order valence-corrected chi connectivity index (χ4v) is 3.70. The first-order valence-corrected chi connectivity index (χ1v) is 9.18. The number of rotatable bonds is 5. The van der Waals surface area contributed by atoms with Gasteiger partial charge in [-0.3, -0.25) is 9.69 Å². The third-order valence-electron chi connectivity index (χ3n) is 5.15. The molecular weight excluding hydrogens is 312 g/mol. The molecule has 1 saturated carbocycles. The number of anilines is 1. The molecule has 1 aliphatic carbocycles. The van der Waals surface area contributed by atoms with Crippen LogP contribution in [0.4, 0.5) is 5.69 Å². The van der Waals surface area contributed by atoms with Gasteiger partial charge in [-0.05, 0) is 45.9 Å². The zero-order chi connectivity index (χ0) is 17.8. The van der Waals surface area contributed by atoms with Crippen LogP contribution in [0.1, 0.15) is 43.5 Å². The number of aryl methyl sites for hydroxylation is 1. The highest BCUT2D eigenvalue weighted by atomic mass is 16.2. The van der Waals surface area contributed by atoms with Crippen molar-refractivity contribution in [3.05, 3.63) is 41.7 Å². The Hall–Kier alpha value is -2.14. The molecule has 134 valence electrons. The molecule has 0 radical (unpaired) electrons. The highest BCUT2D eigenvalue weighted by Gasteiger charge is 2.21. The van der Waals surface area contributed by atoms with Crippen molar-refractivity contribution in [1.82, 2.24) is 14.7 Å². The largest absolute Gasteiger partial charge is 0.322 e. The maximum atomic E-state index is 12.5. The van der Waals surface area contributed by atoms with Crippen LogP contribution in [0, 0.1) is 13.8 Å². The first-order chi connectivity index (χ1) is 12.1. The molecule has 0 atom stereocenters. The molecule has 25 heavy (non-hydrogen) atoms. The number of hydrogen-bond donors (Lipinski definition) is 1. The van der Waals surface area contributed by atoms with Gasteiger partial charge in [0.15, 0.2) is 0 Å². The molecule has 0 aliphatic heterocycles. The summed E-state index contributed by atoms with van der Waals surface area (Å²) in [7, 11) is 2.06. The quantitative estimate of drug-likeness (QED) is 0.903. The second-order valence-corrected chi connectivity index (χ2v) is 7.05. The van der Waals surface area contributed by atoms with Gasteiger partial charge in [-0.15, -0.1) is 0 Å².